The highest BCUT2D eigenvalue weighted by atomic mass is 19.1. The van der Waals surface area contributed by atoms with Crippen LogP contribution in [-0.4, -0.2) is 25.1 Å². The lowest BCUT2D eigenvalue weighted by Gasteiger charge is -2.20. The molecular weight excluding hydrogens is 303 g/mol. The molecule has 0 aromatic heterocycles. The number of carbonyl (C=O) groups excluding carboxylic acids is 1. The summed E-state index contributed by atoms with van der Waals surface area (Å²) in [5.74, 6) is -0.964. The monoisotopic (exact) mass is 318 g/mol. The minimum Gasteiger partial charge on any atom is -0.465 e. The molecule has 7 heteroatoms. The van der Waals surface area contributed by atoms with Gasteiger partial charge in [0.15, 0.2) is 0 Å². The van der Waals surface area contributed by atoms with Crippen LogP contribution in [0.3, 0.4) is 0 Å². The molecule has 0 unspecified atom stereocenters. The van der Waals surface area contributed by atoms with Crippen LogP contribution < -0.4 is 4.90 Å². The highest BCUT2D eigenvalue weighted by Crippen LogP contribution is 2.29. The smallest absolute Gasteiger partial charge is 0.337 e. The molecule has 0 atom stereocenters. The third-order valence-electron chi connectivity index (χ3n) is 3.31. The van der Waals surface area contributed by atoms with Crippen molar-refractivity contribution in [3.63, 3.8) is 0 Å². The van der Waals surface area contributed by atoms with E-state index in [2.05, 4.69) is 4.74 Å². The molecule has 0 spiro atoms. The second-order valence-corrected chi connectivity index (χ2v) is 4.94. The first-order valence-electron chi connectivity index (χ1n) is 6.74. The second-order valence-electron chi connectivity index (χ2n) is 4.94. The number of hydrogen-bond acceptors (Lipinski definition) is 5. The van der Waals surface area contributed by atoms with Crippen LogP contribution in [0.5, 0.6) is 0 Å². The van der Waals surface area contributed by atoms with Gasteiger partial charge >= 0.3 is 5.97 Å². The number of ether oxygens (including phenoxy) is 1. The molecule has 0 heterocycles. The van der Waals surface area contributed by atoms with Crippen molar-refractivity contribution in [2.75, 3.05) is 19.1 Å². The zero-order valence-electron chi connectivity index (χ0n) is 12.7. The zero-order valence-corrected chi connectivity index (χ0v) is 12.7. The lowest BCUT2D eigenvalue weighted by molar-refractivity contribution is -0.384. The van der Waals surface area contributed by atoms with Crippen LogP contribution in [0.4, 0.5) is 15.8 Å². The molecule has 0 aliphatic rings. The molecule has 2 rings (SSSR count). The van der Waals surface area contributed by atoms with E-state index in [1.165, 1.54) is 37.4 Å². The molecule has 120 valence electrons. The molecule has 0 radical (unpaired) electrons. The summed E-state index contributed by atoms with van der Waals surface area (Å²) < 4.78 is 17.9. The van der Waals surface area contributed by atoms with Crippen molar-refractivity contribution in [2.24, 2.45) is 0 Å². The number of esters is 1. The van der Waals surface area contributed by atoms with E-state index in [1.807, 2.05) is 0 Å². The van der Waals surface area contributed by atoms with Crippen molar-refractivity contribution in [1.82, 2.24) is 0 Å². The third-order valence-corrected chi connectivity index (χ3v) is 3.31. The van der Waals surface area contributed by atoms with Crippen molar-refractivity contribution in [2.45, 2.75) is 6.54 Å². The lowest BCUT2D eigenvalue weighted by Crippen LogP contribution is -2.18. The number of rotatable bonds is 5. The normalized spacial score (nSPS) is 10.2. The first kappa shape index (κ1) is 16.4. The highest BCUT2D eigenvalue weighted by molar-refractivity contribution is 5.91. The van der Waals surface area contributed by atoms with Crippen molar-refractivity contribution in [3.8, 4) is 0 Å². The van der Waals surface area contributed by atoms with Gasteiger partial charge in [-0.1, -0.05) is 12.1 Å². The minimum absolute atomic E-state index is 0.142. The van der Waals surface area contributed by atoms with Crippen LogP contribution in [0.2, 0.25) is 0 Å². The Labute approximate surface area is 132 Å². The van der Waals surface area contributed by atoms with Crippen molar-refractivity contribution >= 4 is 17.3 Å². The summed E-state index contributed by atoms with van der Waals surface area (Å²) in [5.41, 5.74) is 0.975. The Hall–Kier alpha value is -2.96. The summed E-state index contributed by atoms with van der Waals surface area (Å²) in [5, 5.41) is 11.2. The van der Waals surface area contributed by atoms with Gasteiger partial charge in [-0.05, 0) is 29.8 Å². The van der Waals surface area contributed by atoms with Crippen LogP contribution in [0.1, 0.15) is 15.9 Å². The molecule has 6 nitrogen and oxygen atoms in total. The van der Waals surface area contributed by atoms with Gasteiger partial charge in [0.25, 0.3) is 5.69 Å². The van der Waals surface area contributed by atoms with Crippen molar-refractivity contribution in [1.29, 1.82) is 0 Å². The lowest BCUT2D eigenvalue weighted by atomic mass is 10.1. The molecule has 2 aromatic rings. The average molecular weight is 318 g/mol. The van der Waals surface area contributed by atoms with E-state index >= 15 is 0 Å². The predicted molar refractivity (Wildman–Crippen MR) is 82.9 cm³/mol. The Bertz CT molecular complexity index is 749. The Kier molecular flexibility index (Phi) is 4.90. The zero-order chi connectivity index (χ0) is 17.0. The van der Waals surface area contributed by atoms with Crippen LogP contribution in [-0.2, 0) is 11.3 Å². The molecule has 0 aliphatic carbocycles. The Morgan fingerprint density at radius 2 is 2.04 bits per heavy atom. The Morgan fingerprint density at radius 3 is 2.65 bits per heavy atom. The topological polar surface area (TPSA) is 72.7 Å². The van der Waals surface area contributed by atoms with Gasteiger partial charge in [-0.3, -0.25) is 10.1 Å². The summed E-state index contributed by atoms with van der Waals surface area (Å²) in [6.45, 7) is 0.253. The summed E-state index contributed by atoms with van der Waals surface area (Å²) in [6.07, 6.45) is 0. The van der Waals surface area contributed by atoms with E-state index in [1.54, 1.807) is 24.1 Å². The number of nitro benzene ring substituents is 1. The summed E-state index contributed by atoms with van der Waals surface area (Å²) in [7, 11) is 2.87. The Balaban J connectivity index is 2.38. The summed E-state index contributed by atoms with van der Waals surface area (Å²) in [4.78, 5) is 23.9. The molecule has 0 N–H and O–H groups in total. The molecule has 0 saturated heterocycles. The number of hydrogen-bond donors (Lipinski definition) is 0. The fourth-order valence-electron chi connectivity index (χ4n) is 2.22. The van der Waals surface area contributed by atoms with Crippen LogP contribution in [0, 0.1) is 15.9 Å². The highest BCUT2D eigenvalue weighted by Gasteiger charge is 2.20. The van der Waals surface area contributed by atoms with E-state index < -0.39 is 10.9 Å². The second kappa shape index (κ2) is 6.87. The molecular formula is C16H15FN2O4. The van der Waals surface area contributed by atoms with Gasteiger partial charge in [0, 0.05) is 19.7 Å². The average Bonchev–Trinajstić information content (AvgIpc) is 2.53. The summed E-state index contributed by atoms with van der Waals surface area (Å²) in [6, 6.07) is 9.94. The first-order chi connectivity index (χ1) is 10.9. The van der Waals surface area contributed by atoms with Gasteiger partial charge in [0.1, 0.15) is 11.5 Å². The third kappa shape index (κ3) is 3.82. The van der Waals surface area contributed by atoms with E-state index in [0.717, 1.165) is 0 Å². The molecule has 0 amide bonds. The Morgan fingerprint density at radius 1 is 1.30 bits per heavy atom. The SMILES string of the molecule is COC(=O)c1ccc([N+](=O)[O-])c(N(C)Cc2cccc(F)c2)c1. The van der Waals surface area contributed by atoms with Gasteiger partial charge in [-0.2, -0.15) is 0 Å². The predicted octanol–water partition coefficient (Wildman–Crippen LogP) is 3.16. The standard InChI is InChI=1S/C16H15FN2O4/c1-18(10-11-4-3-5-13(17)8-11)15-9-12(16(20)23-2)6-7-14(15)19(21)22/h3-9H,10H2,1-2H3. The fraction of sp³-hybridized carbons (Fsp3) is 0.188. The maximum Gasteiger partial charge on any atom is 0.337 e. The minimum atomic E-state index is -0.583. The van der Waals surface area contributed by atoms with Crippen LogP contribution in [0.25, 0.3) is 0 Å². The number of halogens is 1. The number of carbonyl (C=O) groups is 1. The van der Waals surface area contributed by atoms with E-state index in [4.69, 9.17) is 0 Å². The van der Waals surface area contributed by atoms with Gasteiger partial charge in [0.05, 0.1) is 17.6 Å². The maximum absolute atomic E-state index is 13.3. The molecule has 2 aromatic carbocycles. The first-order valence-corrected chi connectivity index (χ1v) is 6.74. The number of methoxy groups -OCH3 is 1. The van der Waals surface area contributed by atoms with Gasteiger partial charge in [-0.25, -0.2) is 9.18 Å². The van der Waals surface area contributed by atoms with E-state index in [9.17, 15) is 19.3 Å². The fourth-order valence-corrected chi connectivity index (χ4v) is 2.22. The molecule has 0 aliphatic heterocycles. The quantitative estimate of drug-likeness (QED) is 0.481. The number of benzene rings is 2. The largest absolute Gasteiger partial charge is 0.465 e. The number of nitrogens with zero attached hydrogens (tertiary/aromatic N) is 2. The molecule has 0 bridgehead atoms. The summed E-state index contributed by atoms with van der Waals surface area (Å²) >= 11 is 0. The van der Waals surface area contributed by atoms with Crippen molar-refractivity contribution in [3.05, 3.63) is 69.5 Å². The number of anilines is 1. The van der Waals surface area contributed by atoms with Crippen molar-refractivity contribution < 1.29 is 18.8 Å². The van der Waals surface area contributed by atoms with E-state index in [0.29, 0.717) is 5.56 Å². The van der Waals surface area contributed by atoms with Gasteiger partial charge in [0.2, 0.25) is 0 Å². The maximum atomic E-state index is 13.3. The van der Waals surface area contributed by atoms with Crippen LogP contribution in [0.15, 0.2) is 42.5 Å². The molecule has 0 saturated carbocycles. The van der Waals surface area contributed by atoms with E-state index in [-0.39, 0.29) is 29.3 Å². The molecule has 0 fully saturated rings. The van der Waals surface area contributed by atoms with Gasteiger partial charge in [-0.15, -0.1) is 0 Å². The molecule has 23 heavy (non-hydrogen) atoms. The number of nitro groups is 1. The van der Waals surface area contributed by atoms with Crippen LogP contribution >= 0.6 is 0 Å². The van der Waals surface area contributed by atoms with Gasteiger partial charge < -0.3 is 9.64 Å².